The highest BCUT2D eigenvalue weighted by atomic mass is 19.2. The predicted molar refractivity (Wildman–Crippen MR) is 114 cm³/mol. The molecule has 0 saturated heterocycles. The molecule has 1 heterocycles. The minimum atomic E-state index is -0.810. The average molecular weight is 405 g/mol. The lowest BCUT2D eigenvalue weighted by atomic mass is 9.66. The van der Waals surface area contributed by atoms with E-state index in [0.29, 0.717) is 18.4 Å². The molecule has 1 unspecified atom stereocenters. The molecule has 0 aromatic heterocycles. The van der Waals surface area contributed by atoms with Crippen LogP contribution in [0.1, 0.15) is 89.5 Å². The summed E-state index contributed by atoms with van der Waals surface area (Å²) < 4.78 is 33.0. The number of unbranched alkanes of at least 4 members (excludes halogenated alkanes) is 2. The van der Waals surface area contributed by atoms with Gasteiger partial charge in [-0.15, -0.1) is 0 Å². The SMILES string of the molecule is CCCCCC1CCC(C2CCC(C3COc4c(ccc(F)c4F)C3)CC2)CC1. The van der Waals surface area contributed by atoms with E-state index in [1.165, 1.54) is 83.1 Å². The average Bonchev–Trinajstić information content (AvgIpc) is 2.77. The van der Waals surface area contributed by atoms with Crippen LogP contribution in [0.15, 0.2) is 12.1 Å². The van der Waals surface area contributed by atoms with Gasteiger partial charge >= 0.3 is 0 Å². The molecule has 0 spiro atoms. The predicted octanol–water partition coefficient (Wildman–Crippen LogP) is 7.71. The molecule has 1 atom stereocenters. The first-order chi connectivity index (χ1) is 14.2. The number of benzene rings is 1. The van der Waals surface area contributed by atoms with Gasteiger partial charge in [0.1, 0.15) is 0 Å². The molecular formula is C26H38F2O. The molecule has 1 aliphatic heterocycles. The van der Waals surface area contributed by atoms with Crippen LogP contribution in [0, 0.1) is 41.2 Å². The fourth-order valence-corrected chi connectivity index (χ4v) is 6.44. The third-order valence-corrected chi connectivity index (χ3v) is 8.31. The zero-order valence-electron chi connectivity index (χ0n) is 18.1. The van der Waals surface area contributed by atoms with Crippen LogP contribution >= 0.6 is 0 Å². The molecule has 162 valence electrons. The molecule has 1 aromatic carbocycles. The number of hydrogen-bond acceptors (Lipinski definition) is 1. The van der Waals surface area contributed by atoms with Gasteiger partial charge in [-0.05, 0) is 86.2 Å². The zero-order valence-corrected chi connectivity index (χ0v) is 18.1. The Kier molecular flexibility index (Phi) is 7.13. The third-order valence-electron chi connectivity index (χ3n) is 8.31. The van der Waals surface area contributed by atoms with Gasteiger partial charge in [-0.1, -0.05) is 51.5 Å². The Hall–Kier alpha value is -1.12. The highest BCUT2D eigenvalue weighted by molar-refractivity contribution is 5.37. The van der Waals surface area contributed by atoms with Crippen LogP contribution in [0.4, 0.5) is 8.78 Å². The Balaban J connectivity index is 1.23. The van der Waals surface area contributed by atoms with Crippen molar-refractivity contribution in [2.75, 3.05) is 6.61 Å². The van der Waals surface area contributed by atoms with Gasteiger partial charge in [0.2, 0.25) is 5.82 Å². The van der Waals surface area contributed by atoms with Crippen molar-refractivity contribution in [3.8, 4) is 5.75 Å². The van der Waals surface area contributed by atoms with E-state index in [1.54, 1.807) is 6.07 Å². The Morgan fingerprint density at radius 1 is 0.828 bits per heavy atom. The molecule has 2 saturated carbocycles. The van der Waals surface area contributed by atoms with Crippen LogP contribution in [0.2, 0.25) is 0 Å². The van der Waals surface area contributed by atoms with Crippen molar-refractivity contribution in [3.63, 3.8) is 0 Å². The molecule has 0 radical (unpaired) electrons. The van der Waals surface area contributed by atoms with E-state index < -0.39 is 11.6 Å². The fraction of sp³-hybridized carbons (Fsp3) is 0.769. The van der Waals surface area contributed by atoms with Crippen molar-refractivity contribution in [2.45, 2.75) is 90.4 Å². The first-order valence-corrected chi connectivity index (χ1v) is 12.2. The quantitative estimate of drug-likeness (QED) is 0.441. The lowest BCUT2D eigenvalue weighted by Gasteiger charge is -2.40. The summed E-state index contributed by atoms with van der Waals surface area (Å²) in [6.45, 7) is 2.84. The van der Waals surface area contributed by atoms with Crippen molar-refractivity contribution in [1.82, 2.24) is 0 Å². The van der Waals surface area contributed by atoms with Gasteiger partial charge in [0.05, 0.1) is 6.61 Å². The van der Waals surface area contributed by atoms with Gasteiger partial charge in [-0.25, -0.2) is 4.39 Å². The lowest BCUT2D eigenvalue weighted by molar-refractivity contribution is 0.0933. The molecule has 0 bridgehead atoms. The summed E-state index contributed by atoms with van der Waals surface area (Å²) in [6, 6.07) is 2.96. The maximum absolute atomic E-state index is 13.9. The topological polar surface area (TPSA) is 9.23 Å². The Labute approximate surface area is 175 Å². The van der Waals surface area contributed by atoms with Crippen LogP contribution in [0.3, 0.4) is 0 Å². The van der Waals surface area contributed by atoms with Crippen molar-refractivity contribution < 1.29 is 13.5 Å². The molecule has 0 N–H and O–H groups in total. The van der Waals surface area contributed by atoms with Crippen LogP contribution < -0.4 is 4.74 Å². The lowest BCUT2D eigenvalue weighted by Crippen LogP contribution is -2.33. The Bertz CT molecular complexity index is 657. The van der Waals surface area contributed by atoms with Crippen LogP contribution in [-0.4, -0.2) is 6.61 Å². The normalized spacial score (nSPS) is 32.4. The van der Waals surface area contributed by atoms with Gasteiger partial charge in [-0.3, -0.25) is 0 Å². The molecule has 2 fully saturated rings. The van der Waals surface area contributed by atoms with Gasteiger partial charge in [-0.2, -0.15) is 4.39 Å². The maximum Gasteiger partial charge on any atom is 0.200 e. The van der Waals surface area contributed by atoms with E-state index in [9.17, 15) is 8.78 Å². The van der Waals surface area contributed by atoms with Gasteiger partial charge in [0.25, 0.3) is 0 Å². The molecule has 0 amide bonds. The molecule has 2 aliphatic carbocycles. The van der Waals surface area contributed by atoms with Gasteiger partial charge in [0, 0.05) is 0 Å². The van der Waals surface area contributed by atoms with Crippen molar-refractivity contribution in [1.29, 1.82) is 0 Å². The number of rotatable bonds is 6. The number of hydrogen-bond donors (Lipinski definition) is 0. The smallest absolute Gasteiger partial charge is 0.200 e. The second-order valence-corrected chi connectivity index (χ2v) is 10.1. The second-order valence-electron chi connectivity index (χ2n) is 10.1. The minimum absolute atomic E-state index is 0.158. The standard InChI is InChI=1S/C26H38F2O/c1-2-3-4-5-18-6-8-19(9-7-18)20-10-12-21(13-11-20)23-16-22-14-15-24(27)25(28)26(22)29-17-23/h14-15,18-21,23H,2-13,16-17H2,1H3. The minimum Gasteiger partial charge on any atom is -0.490 e. The summed E-state index contributed by atoms with van der Waals surface area (Å²) in [5, 5.41) is 0. The van der Waals surface area contributed by atoms with Crippen molar-refractivity contribution >= 4 is 0 Å². The highest BCUT2D eigenvalue weighted by Gasteiger charge is 2.35. The summed E-state index contributed by atoms with van der Waals surface area (Å²) in [6.07, 6.45) is 17.6. The second kappa shape index (κ2) is 9.79. The summed E-state index contributed by atoms with van der Waals surface area (Å²) in [4.78, 5) is 0. The summed E-state index contributed by atoms with van der Waals surface area (Å²) >= 11 is 0. The number of ether oxygens (including phenoxy) is 1. The first kappa shape index (κ1) is 21.1. The third kappa shape index (κ3) is 4.97. The molecule has 4 rings (SSSR count). The van der Waals surface area contributed by atoms with Crippen LogP contribution in [0.25, 0.3) is 0 Å². The van der Waals surface area contributed by atoms with Crippen molar-refractivity contribution in [3.05, 3.63) is 29.3 Å². The Morgan fingerprint density at radius 3 is 2.10 bits per heavy atom. The zero-order chi connectivity index (χ0) is 20.2. The van der Waals surface area contributed by atoms with Crippen LogP contribution in [0.5, 0.6) is 5.75 Å². The molecule has 29 heavy (non-hydrogen) atoms. The number of fused-ring (bicyclic) bond motifs is 1. The van der Waals surface area contributed by atoms with Gasteiger partial charge in [0.15, 0.2) is 11.6 Å². The highest BCUT2D eigenvalue weighted by Crippen LogP contribution is 2.45. The van der Waals surface area contributed by atoms with E-state index in [2.05, 4.69) is 6.92 Å². The van der Waals surface area contributed by atoms with E-state index in [0.717, 1.165) is 29.7 Å². The molecule has 1 aromatic rings. The largest absolute Gasteiger partial charge is 0.490 e. The maximum atomic E-state index is 13.9. The monoisotopic (exact) mass is 404 g/mol. The number of halogens is 2. The molecule has 1 nitrogen and oxygen atoms in total. The summed E-state index contributed by atoms with van der Waals surface area (Å²) in [5.41, 5.74) is 0.851. The van der Waals surface area contributed by atoms with E-state index in [4.69, 9.17) is 4.74 Å². The summed E-state index contributed by atoms with van der Waals surface area (Å²) in [5.74, 6) is 2.56. The fourth-order valence-electron chi connectivity index (χ4n) is 6.44. The molecular weight excluding hydrogens is 366 g/mol. The Morgan fingerprint density at radius 2 is 1.45 bits per heavy atom. The van der Waals surface area contributed by atoms with Gasteiger partial charge < -0.3 is 4.74 Å². The summed E-state index contributed by atoms with van der Waals surface area (Å²) in [7, 11) is 0. The van der Waals surface area contributed by atoms with Crippen LogP contribution in [-0.2, 0) is 6.42 Å². The molecule has 3 aliphatic rings. The van der Waals surface area contributed by atoms with E-state index in [1.807, 2.05) is 0 Å². The first-order valence-electron chi connectivity index (χ1n) is 12.2. The van der Waals surface area contributed by atoms with E-state index >= 15 is 0 Å². The van der Waals surface area contributed by atoms with E-state index in [-0.39, 0.29) is 5.75 Å². The van der Waals surface area contributed by atoms with Crippen molar-refractivity contribution in [2.24, 2.45) is 29.6 Å². The molecule has 3 heteroatoms.